The van der Waals surface area contributed by atoms with Crippen molar-refractivity contribution in [3.63, 3.8) is 0 Å². The highest BCUT2D eigenvalue weighted by molar-refractivity contribution is 9.09. The highest BCUT2D eigenvalue weighted by atomic mass is 79.9. The van der Waals surface area contributed by atoms with Crippen molar-refractivity contribution in [1.82, 2.24) is 5.32 Å². The molecule has 1 saturated carbocycles. The van der Waals surface area contributed by atoms with Crippen molar-refractivity contribution < 1.29 is 4.79 Å². The van der Waals surface area contributed by atoms with E-state index in [0.717, 1.165) is 24.6 Å². The van der Waals surface area contributed by atoms with Crippen LogP contribution in [-0.4, -0.2) is 16.8 Å². The van der Waals surface area contributed by atoms with E-state index in [4.69, 9.17) is 23.2 Å². The van der Waals surface area contributed by atoms with Crippen LogP contribution in [0.2, 0.25) is 10.0 Å². The minimum atomic E-state index is -0.197. The molecule has 1 amide bonds. The number of hydrogen-bond acceptors (Lipinski definition) is 1. The second-order valence-electron chi connectivity index (χ2n) is 5.67. The van der Waals surface area contributed by atoms with Gasteiger partial charge in [-0.1, -0.05) is 65.0 Å². The fourth-order valence-electron chi connectivity index (χ4n) is 2.95. The Morgan fingerprint density at radius 2 is 2.10 bits per heavy atom. The normalized spacial score (nSPS) is 26.3. The Labute approximate surface area is 138 Å². The number of alkyl halides is 1. The predicted octanol–water partition coefficient (Wildman–Crippen LogP) is 5.07. The minimum Gasteiger partial charge on any atom is -0.346 e. The standard InChI is InChI=1S/C15H18BrCl2NO/c1-10-4-3-7-15(8-10,9-16)19-14(20)13-11(17)5-2-6-12(13)18/h2,5-6,10H,3-4,7-9H2,1H3,(H,19,20). The van der Waals surface area contributed by atoms with Crippen molar-refractivity contribution in [3.8, 4) is 0 Å². The molecular weight excluding hydrogens is 361 g/mol. The van der Waals surface area contributed by atoms with Crippen LogP contribution in [0.5, 0.6) is 0 Å². The third-order valence-electron chi connectivity index (χ3n) is 3.92. The van der Waals surface area contributed by atoms with Crippen LogP contribution in [-0.2, 0) is 0 Å². The van der Waals surface area contributed by atoms with Crippen molar-refractivity contribution in [2.75, 3.05) is 5.33 Å². The minimum absolute atomic E-state index is 0.186. The largest absolute Gasteiger partial charge is 0.346 e. The summed E-state index contributed by atoms with van der Waals surface area (Å²) in [5.74, 6) is 0.428. The lowest BCUT2D eigenvalue weighted by Crippen LogP contribution is -2.52. The Bertz CT molecular complexity index is 488. The number of rotatable bonds is 3. The Balaban J connectivity index is 2.21. The summed E-state index contributed by atoms with van der Waals surface area (Å²) in [5, 5.41) is 4.69. The summed E-state index contributed by atoms with van der Waals surface area (Å²) in [7, 11) is 0. The van der Waals surface area contributed by atoms with Gasteiger partial charge in [0.25, 0.3) is 5.91 Å². The van der Waals surface area contributed by atoms with E-state index in [9.17, 15) is 4.79 Å². The van der Waals surface area contributed by atoms with Gasteiger partial charge in [0.2, 0.25) is 0 Å². The summed E-state index contributed by atoms with van der Waals surface area (Å²) in [5.41, 5.74) is 0.173. The zero-order valence-corrected chi connectivity index (χ0v) is 14.5. The number of benzene rings is 1. The molecule has 0 radical (unpaired) electrons. The Kier molecular flexibility index (Phi) is 5.38. The van der Waals surface area contributed by atoms with Gasteiger partial charge < -0.3 is 5.32 Å². The van der Waals surface area contributed by atoms with E-state index < -0.39 is 0 Å². The fraction of sp³-hybridized carbons (Fsp3) is 0.533. The van der Waals surface area contributed by atoms with Crippen molar-refractivity contribution in [2.45, 2.75) is 38.1 Å². The van der Waals surface area contributed by atoms with Crippen LogP contribution in [0.1, 0.15) is 43.0 Å². The monoisotopic (exact) mass is 377 g/mol. The first-order chi connectivity index (χ1) is 9.47. The third-order valence-corrected chi connectivity index (χ3v) is 5.62. The van der Waals surface area contributed by atoms with Gasteiger partial charge in [-0.25, -0.2) is 0 Å². The van der Waals surface area contributed by atoms with Gasteiger partial charge >= 0.3 is 0 Å². The second-order valence-corrected chi connectivity index (χ2v) is 7.04. The van der Waals surface area contributed by atoms with Crippen LogP contribution < -0.4 is 5.32 Å². The lowest BCUT2D eigenvalue weighted by molar-refractivity contribution is 0.0870. The molecule has 0 spiro atoms. The zero-order valence-electron chi connectivity index (χ0n) is 11.4. The maximum atomic E-state index is 12.5. The smallest absolute Gasteiger partial charge is 0.254 e. The van der Waals surface area contributed by atoms with Crippen LogP contribution in [0, 0.1) is 5.92 Å². The number of carbonyl (C=O) groups is 1. The quantitative estimate of drug-likeness (QED) is 0.731. The van der Waals surface area contributed by atoms with E-state index in [1.807, 2.05) is 0 Å². The first kappa shape index (κ1) is 16.1. The van der Waals surface area contributed by atoms with Crippen LogP contribution in [0.15, 0.2) is 18.2 Å². The van der Waals surface area contributed by atoms with E-state index in [1.54, 1.807) is 18.2 Å². The van der Waals surface area contributed by atoms with Crippen molar-refractivity contribution in [2.24, 2.45) is 5.92 Å². The first-order valence-corrected chi connectivity index (χ1v) is 8.68. The molecular formula is C15H18BrCl2NO. The Morgan fingerprint density at radius 1 is 1.45 bits per heavy atom. The molecule has 0 heterocycles. The lowest BCUT2D eigenvalue weighted by atomic mass is 9.77. The molecule has 1 aromatic carbocycles. The molecule has 1 N–H and O–H groups in total. The van der Waals surface area contributed by atoms with Gasteiger partial charge in [0.05, 0.1) is 21.1 Å². The van der Waals surface area contributed by atoms with E-state index in [2.05, 4.69) is 28.2 Å². The number of carbonyl (C=O) groups excluding carboxylic acids is 1. The molecule has 110 valence electrons. The third kappa shape index (κ3) is 3.49. The predicted molar refractivity (Wildman–Crippen MR) is 88.1 cm³/mol. The molecule has 2 unspecified atom stereocenters. The summed E-state index contributed by atoms with van der Waals surface area (Å²) < 4.78 is 0. The highest BCUT2D eigenvalue weighted by Gasteiger charge is 2.36. The number of hydrogen-bond donors (Lipinski definition) is 1. The lowest BCUT2D eigenvalue weighted by Gasteiger charge is -2.39. The average molecular weight is 379 g/mol. The maximum Gasteiger partial charge on any atom is 0.254 e. The molecule has 2 nitrogen and oxygen atoms in total. The first-order valence-electron chi connectivity index (χ1n) is 6.80. The molecule has 5 heteroatoms. The topological polar surface area (TPSA) is 29.1 Å². The van der Waals surface area contributed by atoms with E-state index in [0.29, 0.717) is 21.5 Å². The Hall–Kier alpha value is -0.250. The summed E-state index contributed by atoms with van der Waals surface area (Å²) in [4.78, 5) is 12.5. The van der Waals surface area contributed by atoms with Crippen molar-refractivity contribution in [3.05, 3.63) is 33.8 Å². The summed E-state index contributed by atoms with van der Waals surface area (Å²) >= 11 is 15.8. The summed E-state index contributed by atoms with van der Waals surface area (Å²) in [6.07, 6.45) is 4.31. The van der Waals surface area contributed by atoms with E-state index >= 15 is 0 Å². The van der Waals surface area contributed by atoms with Gasteiger partial charge in [-0.3, -0.25) is 4.79 Å². The van der Waals surface area contributed by atoms with Crippen LogP contribution >= 0.6 is 39.1 Å². The number of nitrogens with one attached hydrogen (secondary N) is 1. The fourth-order valence-corrected chi connectivity index (χ4v) is 4.17. The van der Waals surface area contributed by atoms with Gasteiger partial charge in [0.15, 0.2) is 0 Å². The summed E-state index contributed by atoms with van der Waals surface area (Å²) in [6.45, 7) is 2.23. The van der Waals surface area contributed by atoms with Gasteiger partial charge in [0.1, 0.15) is 0 Å². The van der Waals surface area contributed by atoms with Gasteiger partial charge in [-0.15, -0.1) is 0 Å². The highest BCUT2D eigenvalue weighted by Crippen LogP contribution is 2.34. The molecule has 2 rings (SSSR count). The maximum absolute atomic E-state index is 12.5. The van der Waals surface area contributed by atoms with Crippen LogP contribution in [0.25, 0.3) is 0 Å². The van der Waals surface area contributed by atoms with Crippen LogP contribution in [0.3, 0.4) is 0 Å². The molecule has 1 aliphatic rings. The molecule has 0 bridgehead atoms. The van der Waals surface area contributed by atoms with Crippen molar-refractivity contribution in [1.29, 1.82) is 0 Å². The average Bonchev–Trinajstić information content (AvgIpc) is 2.38. The number of halogens is 3. The zero-order chi connectivity index (χ0) is 14.8. The van der Waals surface area contributed by atoms with E-state index in [1.165, 1.54) is 6.42 Å². The SMILES string of the molecule is CC1CCCC(CBr)(NC(=O)c2c(Cl)cccc2Cl)C1. The molecule has 20 heavy (non-hydrogen) atoms. The van der Waals surface area contributed by atoms with Gasteiger partial charge in [0, 0.05) is 5.33 Å². The van der Waals surface area contributed by atoms with E-state index in [-0.39, 0.29) is 11.4 Å². The summed E-state index contributed by atoms with van der Waals surface area (Å²) in [6, 6.07) is 5.11. The molecule has 1 fully saturated rings. The molecule has 2 atom stereocenters. The van der Waals surface area contributed by atoms with Gasteiger partial charge in [-0.2, -0.15) is 0 Å². The molecule has 0 saturated heterocycles. The van der Waals surface area contributed by atoms with Crippen LogP contribution in [0.4, 0.5) is 0 Å². The molecule has 0 aromatic heterocycles. The van der Waals surface area contributed by atoms with Crippen molar-refractivity contribution >= 4 is 45.0 Å². The molecule has 1 aromatic rings. The molecule has 0 aliphatic heterocycles. The molecule has 1 aliphatic carbocycles. The van der Waals surface area contributed by atoms with Gasteiger partial charge in [-0.05, 0) is 30.9 Å². The Morgan fingerprint density at radius 3 is 2.65 bits per heavy atom. The number of amides is 1. The second kappa shape index (κ2) is 6.67.